The van der Waals surface area contributed by atoms with Crippen molar-refractivity contribution in [3.8, 4) is 33.4 Å². The SMILES string of the molecule is c1ccc(-c2ccc(N(c3ccc(-c4cc5ccccc5c5ccccc45)cc3)c3cccc4c3oc3ccccc34)cc2-c2cccc3c2oc2ccccc23)cc1. The van der Waals surface area contributed by atoms with E-state index in [0.29, 0.717) is 0 Å². The Bertz CT molecular complexity index is 3560. The van der Waals surface area contributed by atoms with Crippen molar-refractivity contribution in [1.29, 1.82) is 0 Å². The van der Waals surface area contributed by atoms with Crippen LogP contribution in [0.4, 0.5) is 17.1 Å². The van der Waals surface area contributed by atoms with Gasteiger partial charge in [-0.1, -0.05) is 164 Å². The average Bonchev–Trinajstić information content (AvgIpc) is 3.89. The zero-order valence-electron chi connectivity index (χ0n) is 32.0. The molecule has 0 N–H and O–H groups in total. The monoisotopic (exact) mass is 753 g/mol. The predicted molar refractivity (Wildman–Crippen MR) is 247 cm³/mol. The van der Waals surface area contributed by atoms with Gasteiger partial charge in [0.2, 0.25) is 0 Å². The summed E-state index contributed by atoms with van der Waals surface area (Å²) in [6, 6.07) is 75.7. The van der Waals surface area contributed by atoms with Gasteiger partial charge in [-0.25, -0.2) is 0 Å². The number of fused-ring (bicyclic) bond motifs is 9. The third-order valence-electron chi connectivity index (χ3n) is 11.9. The largest absolute Gasteiger partial charge is 0.455 e. The molecule has 0 radical (unpaired) electrons. The Morgan fingerprint density at radius 2 is 0.847 bits per heavy atom. The number of rotatable bonds is 6. The Morgan fingerprint density at radius 3 is 1.61 bits per heavy atom. The lowest BCUT2D eigenvalue weighted by Gasteiger charge is -2.27. The normalized spacial score (nSPS) is 11.7. The quantitative estimate of drug-likeness (QED) is 0.158. The summed E-state index contributed by atoms with van der Waals surface area (Å²) < 4.78 is 13.4. The summed E-state index contributed by atoms with van der Waals surface area (Å²) >= 11 is 0. The lowest BCUT2D eigenvalue weighted by Crippen LogP contribution is -2.10. The molecule has 0 aliphatic rings. The molecule has 0 aliphatic heterocycles. The van der Waals surface area contributed by atoms with Crippen LogP contribution >= 0.6 is 0 Å². The van der Waals surface area contributed by atoms with E-state index in [1.165, 1.54) is 27.1 Å². The van der Waals surface area contributed by atoms with Crippen LogP contribution in [0.15, 0.2) is 221 Å². The van der Waals surface area contributed by atoms with Crippen molar-refractivity contribution in [3.63, 3.8) is 0 Å². The van der Waals surface area contributed by atoms with Crippen LogP contribution in [0.5, 0.6) is 0 Å². The van der Waals surface area contributed by atoms with Crippen molar-refractivity contribution < 1.29 is 8.83 Å². The van der Waals surface area contributed by atoms with E-state index in [4.69, 9.17) is 8.83 Å². The van der Waals surface area contributed by atoms with Gasteiger partial charge in [-0.05, 0) is 97.9 Å². The summed E-state index contributed by atoms with van der Waals surface area (Å²) in [6.45, 7) is 0. The molecule has 59 heavy (non-hydrogen) atoms. The van der Waals surface area contributed by atoms with E-state index >= 15 is 0 Å². The van der Waals surface area contributed by atoms with Gasteiger partial charge in [0.05, 0.1) is 5.69 Å². The van der Waals surface area contributed by atoms with Gasteiger partial charge in [-0.2, -0.15) is 0 Å². The molecule has 2 aromatic heterocycles. The predicted octanol–water partition coefficient (Wildman–Crippen LogP) is 16.3. The zero-order chi connectivity index (χ0) is 38.9. The van der Waals surface area contributed by atoms with E-state index < -0.39 is 0 Å². The second-order valence-electron chi connectivity index (χ2n) is 15.2. The third kappa shape index (κ3) is 5.36. The minimum Gasteiger partial charge on any atom is -0.455 e. The maximum absolute atomic E-state index is 6.73. The number of nitrogens with zero attached hydrogens (tertiary/aromatic N) is 1. The topological polar surface area (TPSA) is 29.5 Å². The molecular formula is C56H35NO2. The Labute approximate surface area is 340 Å². The Morgan fingerprint density at radius 1 is 0.288 bits per heavy atom. The number of anilines is 3. The standard InChI is InChI=1S/C56H35NO2/c1-2-14-36(15-3-1)42-33-32-40(35-51(42)49-23-12-22-47-45-20-8-10-26-53(45)58-55(47)49)57(52-25-13-24-48-46-21-9-11-27-54(46)59-56(48)52)39-30-28-37(29-31-39)50-34-38-16-4-5-17-41(38)43-18-6-7-19-44(43)50/h1-35H. The van der Waals surface area contributed by atoms with Crippen molar-refractivity contribution >= 4 is 82.5 Å². The van der Waals surface area contributed by atoms with Gasteiger partial charge >= 0.3 is 0 Å². The highest BCUT2D eigenvalue weighted by Gasteiger charge is 2.23. The van der Waals surface area contributed by atoms with E-state index in [0.717, 1.165) is 88.8 Å². The first-order valence-electron chi connectivity index (χ1n) is 20.1. The van der Waals surface area contributed by atoms with E-state index in [2.05, 4.69) is 193 Å². The minimum atomic E-state index is 0.839. The summed E-state index contributed by atoms with van der Waals surface area (Å²) in [6.07, 6.45) is 0. The average molecular weight is 754 g/mol. The first-order valence-corrected chi connectivity index (χ1v) is 20.1. The van der Waals surface area contributed by atoms with Gasteiger partial charge in [-0.3, -0.25) is 0 Å². The van der Waals surface area contributed by atoms with E-state index in [9.17, 15) is 0 Å². The molecular weight excluding hydrogens is 719 g/mol. The smallest absolute Gasteiger partial charge is 0.159 e. The van der Waals surface area contributed by atoms with E-state index in [1.54, 1.807) is 0 Å². The van der Waals surface area contributed by atoms with Crippen LogP contribution in [-0.4, -0.2) is 0 Å². The fourth-order valence-electron chi connectivity index (χ4n) is 9.14. The highest BCUT2D eigenvalue weighted by Crippen LogP contribution is 2.47. The zero-order valence-corrected chi connectivity index (χ0v) is 32.0. The van der Waals surface area contributed by atoms with Gasteiger partial charge in [0.1, 0.15) is 16.7 Å². The molecule has 0 bridgehead atoms. The highest BCUT2D eigenvalue weighted by atomic mass is 16.3. The van der Waals surface area contributed by atoms with Crippen molar-refractivity contribution in [3.05, 3.63) is 212 Å². The minimum absolute atomic E-state index is 0.839. The summed E-state index contributed by atoms with van der Waals surface area (Å²) in [5.41, 5.74) is 13.2. The number of hydrogen-bond acceptors (Lipinski definition) is 3. The van der Waals surface area contributed by atoms with Crippen molar-refractivity contribution in [2.24, 2.45) is 0 Å². The molecule has 0 saturated carbocycles. The van der Waals surface area contributed by atoms with Crippen LogP contribution in [0.3, 0.4) is 0 Å². The molecule has 0 spiro atoms. The summed E-state index contributed by atoms with van der Waals surface area (Å²) in [5, 5.41) is 9.38. The maximum Gasteiger partial charge on any atom is 0.159 e. The number of furan rings is 2. The van der Waals surface area contributed by atoms with Gasteiger partial charge in [0.25, 0.3) is 0 Å². The molecule has 3 heteroatoms. The van der Waals surface area contributed by atoms with Crippen molar-refractivity contribution in [2.75, 3.05) is 4.90 Å². The Kier molecular flexibility index (Phi) is 7.54. The Balaban J connectivity index is 1.10. The second-order valence-corrected chi connectivity index (χ2v) is 15.2. The molecule has 0 aliphatic carbocycles. The molecule has 276 valence electrons. The fraction of sp³-hybridized carbons (Fsp3) is 0. The van der Waals surface area contributed by atoms with Gasteiger partial charge in [0.15, 0.2) is 5.58 Å². The molecule has 12 rings (SSSR count). The molecule has 3 nitrogen and oxygen atoms in total. The number of hydrogen-bond donors (Lipinski definition) is 0. The number of benzene rings is 10. The first-order chi connectivity index (χ1) is 29.3. The molecule has 0 atom stereocenters. The summed E-state index contributed by atoms with van der Waals surface area (Å²) in [7, 11) is 0. The number of para-hydroxylation sites is 4. The van der Waals surface area contributed by atoms with E-state index in [1.807, 2.05) is 24.3 Å². The van der Waals surface area contributed by atoms with Gasteiger partial charge in [-0.15, -0.1) is 0 Å². The molecule has 10 aromatic carbocycles. The van der Waals surface area contributed by atoms with Crippen molar-refractivity contribution in [2.45, 2.75) is 0 Å². The van der Waals surface area contributed by atoms with Gasteiger partial charge < -0.3 is 13.7 Å². The van der Waals surface area contributed by atoms with Gasteiger partial charge in [0, 0.05) is 38.5 Å². The molecule has 0 saturated heterocycles. The third-order valence-corrected chi connectivity index (χ3v) is 11.9. The summed E-state index contributed by atoms with van der Waals surface area (Å²) in [4.78, 5) is 2.34. The molecule has 2 heterocycles. The Hall–Kier alpha value is -7.88. The lowest BCUT2D eigenvalue weighted by molar-refractivity contribution is 0.669. The first kappa shape index (κ1) is 33.3. The maximum atomic E-state index is 6.73. The molecule has 12 aromatic rings. The van der Waals surface area contributed by atoms with Crippen molar-refractivity contribution in [1.82, 2.24) is 0 Å². The van der Waals surface area contributed by atoms with Crippen LogP contribution < -0.4 is 4.90 Å². The molecule has 0 unspecified atom stereocenters. The molecule has 0 amide bonds. The fourth-order valence-corrected chi connectivity index (χ4v) is 9.14. The van der Waals surface area contributed by atoms with Crippen LogP contribution in [0, 0.1) is 0 Å². The van der Waals surface area contributed by atoms with Crippen LogP contribution in [0.1, 0.15) is 0 Å². The van der Waals surface area contributed by atoms with Crippen LogP contribution in [-0.2, 0) is 0 Å². The molecule has 0 fully saturated rings. The van der Waals surface area contributed by atoms with Crippen LogP contribution in [0.25, 0.3) is 98.8 Å². The van der Waals surface area contributed by atoms with Crippen LogP contribution in [0.2, 0.25) is 0 Å². The highest BCUT2D eigenvalue weighted by molar-refractivity contribution is 6.15. The second kappa shape index (κ2) is 13.4. The lowest BCUT2D eigenvalue weighted by atomic mass is 9.92. The summed E-state index contributed by atoms with van der Waals surface area (Å²) in [5.74, 6) is 0. The van der Waals surface area contributed by atoms with E-state index in [-0.39, 0.29) is 0 Å².